The Labute approximate surface area is 111 Å². The second-order valence-corrected chi connectivity index (χ2v) is 4.57. The molecule has 2 N–H and O–H groups in total. The number of carbonyl (C=O) groups excluding carboxylic acids is 1. The van der Waals surface area contributed by atoms with Gasteiger partial charge in [-0.2, -0.15) is 0 Å². The first-order valence-electron chi connectivity index (χ1n) is 6.18. The van der Waals surface area contributed by atoms with E-state index >= 15 is 0 Å². The van der Waals surface area contributed by atoms with Crippen molar-refractivity contribution in [3.05, 3.63) is 65.9 Å². The van der Waals surface area contributed by atoms with Gasteiger partial charge in [0.15, 0.2) is 0 Å². The summed E-state index contributed by atoms with van der Waals surface area (Å²) in [6, 6.07) is 15.4. The van der Waals surface area contributed by atoms with Crippen LogP contribution in [0, 0.1) is 6.92 Å². The predicted molar refractivity (Wildman–Crippen MR) is 77.4 cm³/mol. The topological polar surface area (TPSA) is 44.9 Å². The van der Waals surface area contributed by atoms with Crippen molar-refractivity contribution in [3.63, 3.8) is 0 Å². The van der Waals surface area contributed by atoms with Gasteiger partial charge in [-0.05, 0) is 42.8 Å². The largest absolute Gasteiger partial charge is 0.361 e. The molecular formula is C16H14N2O. The SMILES string of the molecule is Cc1cccc(NC(=O)c2cccc3[nH]ccc23)c1. The van der Waals surface area contributed by atoms with Gasteiger partial charge in [0.25, 0.3) is 5.91 Å². The summed E-state index contributed by atoms with van der Waals surface area (Å²) in [6.45, 7) is 2.00. The Morgan fingerprint density at radius 2 is 1.95 bits per heavy atom. The number of amides is 1. The van der Waals surface area contributed by atoms with Gasteiger partial charge in [0.1, 0.15) is 0 Å². The summed E-state index contributed by atoms with van der Waals surface area (Å²) in [4.78, 5) is 15.4. The normalized spacial score (nSPS) is 10.6. The Kier molecular flexibility index (Phi) is 2.80. The van der Waals surface area contributed by atoms with Gasteiger partial charge in [-0.1, -0.05) is 18.2 Å². The molecule has 0 aliphatic heterocycles. The highest BCUT2D eigenvalue weighted by atomic mass is 16.1. The number of anilines is 1. The van der Waals surface area contributed by atoms with Crippen LogP contribution in [0.3, 0.4) is 0 Å². The fraction of sp³-hybridized carbons (Fsp3) is 0.0625. The predicted octanol–water partition coefficient (Wildman–Crippen LogP) is 3.73. The van der Waals surface area contributed by atoms with E-state index in [1.54, 1.807) is 0 Å². The van der Waals surface area contributed by atoms with Crippen LogP contribution in [0.1, 0.15) is 15.9 Å². The maximum absolute atomic E-state index is 12.3. The molecule has 2 aromatic carbocycles. The lowest BCUT2D eigenvalue weighted by atomic mass is 10.1. The molecular weight excluding hydrogens is 236 g/mol. The number of hydrogen-bond acceptors (Lipinski definition) is 1. The summed E-state index contributed by atoms with van der Waals surface area (Å²) in [5, 5.41) is 3.87. The molecule has 0 aliphatic carbocycles. The third-order valence-electron chi connectivity index (χ3n) is 3.12. The molecule has 1 heterocycles. The van der Waals surface area contributed by atoms with Crippen molar-refractivity contribution in [3.8, 4) is 0 Å². The molecule has 0 aliphatic rings. The monoisotopic (exact) mass is 250 g/mol. The van der Waals surface area contributed by atoms with Gasteiger partial charge >= 0.3 is 0 Å². The van der Waals surface area contributed by atoms with E-state index in [2.05, 4.69) is 10.3 Å². The Morgan fingerprint density at radius 1 is 1.11 bits per heavy atom. The molecule has 0 fully saturated rings. The summed E-state index contributed by atoms with van der Waals surface area (Å²) in [6.07, 6.45) is 1.84. The quantitative estimate of drug-likeness (QED) is 0.715. The second kappa shape index (κ2) is 4.61. The Morgan fingerprint density at radius 3 is 2.79 bits per heavy atom. The minimum atomic E-state index is -0.0872. The number of aryl methyl sites for hydroxylation is 1. The minimum absolute atomic E-state index is 0.0872. The molecule has 0 spiro atoms. The van der Waals surface area contributed by atoms with Crippen LogP contribution in [0.15, 0.2) is 54.7 Å². The van der Waals surface area contributed by atoms with Crippen molar-refractivity contribution in [2.45, 2.75) is 6.92 Å². The summed E-state index contributed by atoms with van der Waals surface area (Å²) >= 11 is 0. The van der Waals surface area contributed by atoms with Crippen molar-refractivity contribution in [1.82, 2.24) is 4.98 Å². The zero-order valence-corrected chi connectivity index (χ0v) is 10.6. The Hall–Kier alpha value is -2.55. The number of fused-ring (bicyclic) bond motifs is 1. The van der Waals surface area contributed by atoms with Crippen LogP contribution in [0.25, 0.3) is 10.9 Å². The minimum Gasteiger partial charge on any atom is -0.361 e. The first kappa shape index (κ1) is 11.5. The molecule has 0 atom stereocenters. The van der Waals surface area contributed by atoms with E-state index in [9.17, 15) is 4.79 Å². The Balaban J connectivity index is 1.94. The van der Waals surface area contributed by atoms with Crippen molar-refractivity contribution < 1.29 is 4.79 Å². The number of H-pyrrole nitrogens is 1. The van der Waals surface area contributed by atoms with Crippen LogP contribution >= 0.6 is 0 Å². The third kappa shape index (κ3) is 2.22. The first-order chi connectivity index (χ1) is 9.24. The van der Waals surface area contributed by atoms with Crippen molar-refractivity contribution in [1.29, 1.82) is 0 Å². The zero-order valence-electron chi connectivity index (χ0n) is 10.6. The van der Waals surface area contributed by atoms with Gasteiger partial charge in [0.2, 0.25) is 0 Å². The highest BCUT2D eigenvalue weighted by molar-refractivity contribution is 6.12. The molecule has 0 saturated heterocycles. The molecule has 0 bridgehead atoms. The second-order valence-electron chi connectivity index (χ2n) is 4.57. The molecule has 0 saturated carbocycles. The van der Waals surface area contributed by atoms with Crippen molar-refractivity contribution >= 4 is 22.5 Å². The van der Waals surface area contributed by atoms with E-state index in [1.807, 2.05) is 61.7 Å². The standard InChI is InChI=1S/C16H14N2O/c1-11-4-2-5-12(10-11)18-16(19)14-6-3-7-15-13(14)8-9-17-15/h2-10,17H,1H3,(H,18,19). The van der Waals surface area contributed by atoms with Crippen LogP contribution in [-0.4, -0.2) is 10.9 Å². The smallest absolute Gasteiger partial charge is 0.256 e. The third-order valence-corrected chi connectivity index (χ3v) is 3.12. The lowest BCUT2D eigenvalue weighted by molar-refractivity contribution is 0.102. The Bertz CT molecular complexity index is 743. The lowest BCUT2D eigenvalue weighted by Crippen LogP contribution is -2.12. The summed E-state index contributed by atoms with van der Waals surface area (Å²) in [7, 11) is 0. The van der Waals surface area contributed by atoms with Crippen LogP contribution in [0.5, 0.6) is 0 Å². The van der Waals surface area contributed by atoms with Crippen molar-refractivity contribution in [2.75, 3.05) is 5.32 Å². The lowest BCUT2D eigenvalue weighted by Gasteiger charge is -2.07. The number of aromatic amines is 1. The van der Waals surface area contributed by atoms with Crippen LogP contribution < -0.4 is 5.32 Å². The highest BCUT2D eigenvalue weighted by Crippen LogP contribution is 2.19. The van der Waals surface area contributed by atoms with E-state index in [4.69, 9.17) is 0 Å². The van der Waals surface area contributed by atoms with E-state index in [-0.39, 0.29) is 5.91 Å². The number of aromatic nitrogens is 1. The van der Waals surface area contributed by atoms with Gasteiger partial charge in [-0.25, -0.2) is 0 Å². The molecule has 3 aromatic rings. The van der Waals surface area contributed by atoms with Gasteiger partial charge in [-0.3, -0.25) is 4.79 Å². The molecule has 1 aromatic heterocycles. The fourth-order valence-electron chi connectivity index (χ4n) is 2.20. The van der Waals surface area contributed by atoms with Crippen LogP contribution in [0.4, 0.5) is 5.69 Å². The van der Waals surface area contributed by atoms with E-state index in [0.29, 0.717) is 5.56 Å². The number of nitrogens with one attached hydrogen (secondary N) is 2. The molecule has 94 valence electrons. The molecule has 19 heavy (non-hydrogen) atoms. The first-order valence-corrected chi connectivity index (χ1v) is 6.18. The average Bonchev–Trinajstić information content (AvgIpc) is 2.86. The number of carbonyl (C=O) groups is 1. The average molecular weight is 250 g/mol. The summed E-state index contributed by atoms with van der Waals surface area (Å²) < 4.78 is 0. The number of benzene rings is 2. The van der Waals surface area contributed by atoms with Gasteiger partial charge < -0.3 is 10.3 Å². The van der Waals surface area contributed by atoms with Gasteiger partial charge in [-0.15, -0.1) is 0 Å². The highest BCUT2D eigenvalue weighted by Gasteiger charge is 2.10. The van der Waals surface area contributed by atoms with Crippen LogP contribution in [-0.2, 0) is 0 Å². The molecule has 3 rings (SSSR count). The molecule has 3 heteroatoms. The van der Waals surface area contributed by atoms with Crippen molar-refractivity contribution in [2.24, 2.45) is 0 Å². The maximum atomic E-state index is 12.3. The van der Waals surface area contributed by atoms with Crippen LogP contribution in [0.2, 0.25) is 0 Å². The molecule has 0 unspecified atom stereocenters. The maximum Gasteiger partial charge on any atom is 0.256 e. The van der Waals surface area contributed by atoms with Gasteiger partial charge in [0, 0.05) is 28.4 Å². The number of rotatable bonds is 2. The van der Waals surface area contributed by atoms with E-state index < -0.39 is 0 Å². The summed E-state index contributed by atoms with van der Waals surface area (Å²) in [5.74, 6) is -0.0872. The zero-order chi connectivity index (χ0) is 13.2. The summed E-state index contributed by atoms with van der Waals surface area (Å²) in [5.41, 5.74) is 3.59. The van der Waals surface area contributed by atoms with E-state index in [0.717, 1.165) is 22.2 Å². The molecule has 3 nitrogen and oxygen atoms in total. The van der Waals surface area contributed by atoms with E-state index in [1.165, 1.54) is 0 Å². The molecule has 1 amide bonds. The van der Waals surface area contributed by atoms with Gasteiger partial charge in [0.05, 0.1) is 0 Å². The molecule has 0 radical (unpaired) electrons. The number of hydrogen-bond donors (Lipinski definition) is 2. The fourth-order valence-corrected chi connectivity index (χ4v) is 2.20.